The molecule has 2 saturated heterocycles. The summed E-state index contributed by atoms with van der Waals surface area (Å²) < 4.78 is 23.7. The number of nitrogens with one attached hydrogen (secondary N) is 1. The van der Waals surface area contributed by atoms with E-state index in [4.69, 9.17) is 28.9 Å². The van der Waals surface area contributed by atoms with Crippen molar-refractivity contribution in [2.75, 3.05) is 26.9 Å². The Morgan fingerprint density at radius 2 is 1.91 bits per heavy atom. The molecule has 3 aliphatic heterocycles. The average Bonchev–Trinajstić information content (AvgIpc) is 3.57. The molecule has 2 aromatic rings. The summed E-state index contributed by atoms with van der Waals surface area (Å²) >= 11 is 0. The van der Waals surface area contributed by atoms with Crippen molar-refractivity contribution in [1.82, 2.24) is 20.2 Å². The number of methoxy groups -OCH3 is 1. The zero-order chi connectivity index (χ0) is 31.3. The fourth-order valence-corrected chi connectivity index (χ4v) is 8.30. The average molecular weight is 621 g/mol. The van der Waals surface area contributed by atoms with Gasteiger partial charge in [-0.05, 0) is 68.4 Å². The Bertz CT molecular complexity index is 1460. The molecule has 2 aliphatic carbocycles. The highest BCUT2D eigenvalue weighted by atomic mass is 16.6. The molecular formula is C34H44N4O7. The van der Waals surface area contributed by atoms with Gasteiger partial charge in [-0.2, -0.15) is 0 Å². The third kappa shape index (κ3) is 5.61. The summed E-state index contributed by atoms with van der Waals surface area (Å²) in [5, 5.41) is 2.94. The van der Waals surface area contributed by atoms with Gasteiger partial charge >= 0.3 is 6.09 Å². The lowest BCUT2D eigenvalue weighted by Gasteiger charge is -2.45. The molecule has 242 valence electrons. The SMILES string of the molecule is CC[C@@H]1[C@@H]2CN(C(=O)[C@H](C3(C)COC3)NC(=O)O[C@@H]3CC4CC4[C@H]3CCCCCc3nc4ccc(OC)cc4nc3O2)[C@@H]1C=O. The molecule has 5 aliphatic rings. The summed E-state index contributed by atoms with van der Waals surface area (Å²) in [6.07, 6.45) is 7.06. The van der Waals surface area contributed by atoms with Crippen molar-refractivity contribution in [2.45, 2.75) is 89.5 Å². The molecule has 1 aromatic heterocycles. The molecule has 1 N–H and O–H groups in total. The van der Waals surface area contributed by atoms with E-state index in [-0.39, 0.29) is 24.5 Å². The number of hydrogen-bond acceptors (Lipinski definition) is 9. The molecule has 2 unspecified atom stereocenters. The molecular weight excluding hydrogens is 576 g/mol. The topological polar surface area (TPSA) is 129 Å². The van der Waals surface area contributed by atoms with Gasteiger partial charge < -0.3 is 34.0 Å². The predicted molar refractivity (Wildman–Crippen MR) is 164 cm³/mol. The zero-order valence-corrected chi connectivity index (χ0v) is 26.4. The van der Waals surface area contributed by atoms with Crippen molar-refractivity contribution >= 4 is 29.3 Å². The second-order valence-corrected chi connectivity index (χ2v) is 14.0. The van der Waals surface area contributed by atoms with Crippen LogP contribution < -0.4 is 14.8 Å². The van der Waals surface area contributed by atoms with Gasteiger partial charge in [0.25, 0.3) is 0 Å². The summed E-state index contributed by atoms with van der Waals surface area (Å²) in [6.45, 7) is 4.78. The van der Waals surface area contributed by atoms with Crippen LogP contribution in [0, 0.1) is 29.1 Å². The lowest BCUT2D eigenvalue weighted by Crippen LogP contribution is -2.64. The second-order valence-electron chi connectivity index (χ2n) is 14.0. The van der Waals surface area contributed by atoms with Crippen LogP contribution in [-0.4, -0.2) is 84.3 Å². The largest absolute Gasteiger partial charge is 0.497 e. The van der Waals surface area contributed by atoms with Gasteiger partial charge in [-0.3, -0.25) is 4.79 Å². The summed E-state index contributed by atoms with van der Waals surface area (Å²) in [5.74, 6) is 2.13. The monoisotopic (exact) mass is 620 g/mol. The number of fused-ring (bicyclic) bond motifs is 7. The number of ether oxygens (including phenoxy) is 4. The molecule has 8 atom stereocenters. The number of amides is 2. The molecule has 45 heavy (non-hydrogen) atoms. The molecule has 0 spiro atoms. The number of carbonyl (C=O) groups excluding carboxylic acids is 3. The van der Waals surface area contributed by atoms with Gasteiger partial charge in [-0.15, -0.1) is 0 Å². The molecule has 4 fully saturated rings. The van der Waals surface area contributed by atoms with E-state index in [2.05, 4.69) is 5.32 Å². The first kappa shape index (κ1) is 30.2. The maximum Gasteiger partial charge on any atom is 0.408 e. The van der Waals surface area contributed by atoms with Crippen LogP contribution in [0.2, 0.25) is 0 Å². The second kappa shape index (κ2) is 12.0. The fourth-order valence-electron chi connectivity index (χ4n) is 8.30. The van der Waals surface area contributed by atoms with Crippen LogP contribution in [0.3, 0.4) is 0 Å². The minimum Gasteiger partial charge on any atom is -0.497 e. The van der Waals surface area contributed by atoms with Crippen LogP contribution in [-0.2, 0) is 25.5 Å². The Labute approximate surface area is 263 Å². The number of benzene rings is 1. The molecule has 11 nitrogen and oxygen atoms in total. The summed E-state index contributed by atoms with van der Waals surface area (Å²) in [4.78, 5) is 51.8. The number of carbonyl (C=O) groups is 3. The van der Waals surface area contributed by atoms with E-state index in [1.165, 1.54) is 6.42 Å². The first-order valence-electron chi connectivity index (χ1n) is 16.6. The van der Waals surface area contributed by atoms with Gasteiger partial charge in [0.15, 0.2) is 0 Å². The van der Waals surface area contributed by atoms with Crippen molar-refractivity contribution in [3.8, 4) is 11.6 Å². The third-order valence-corrected chi connectivity index (χ3v) is 11.0. The Morgan fingerprint density at radius 3 is 2.64 bits per heavy atom. The van der Waals surface area contributed by atoms with Gasteiger partial charge in [0.2, 0.25) is 11.8 Å². The third-order valence-electron chi connectivity index (χ3n) is 11.0. The van der Waals surface area contributed by atoms with E-state index in [1.807, 2.05) is 32.0 Å². The standard InChI is InChI=1S/C34H44N4O7/c1-4-21-27(16-39)38-15-29(21)44-31-25(35-24-11-10-20(42-3)14-26(24)36-31)9-7-5-6-8-22-23-12-19(23)13-28(22)45-33(41)37-30(32(38)40)34(2)17-43-18-34/h10-11,14,16,19,21-23,27-30H,4-9,12-13,15,17-18H2,1-3H3,(H,37,41)/t19?,21-,22+,23?,27+,28+,29-,30+/m0/s1. The molecule has 7 rings (SSSR count). The van der Waals surface area contributed by atoms with E-state index >= 15 is 0 Å². The van der Waals surface area contributed by atoms with Gasteiger partial charge in [-0.25, -0.2) is 14.8 Å². The highest BCUT2D eigenvalue weighted by Crippen LogP contribution is 2.57. The van der Waals surface area contributed by atoms with E-state index < -0.39 is 29.7 Å². The highest BCUT2D eigenvalue weighted by Gasteiger charge is 2.56. The minimum absolute atomic E-state index is 0.138. The minimum atomic E-state index is -0.894. The van der Waals surface area contributed by atoms with Gasteiger partial charge in [0.1, 0.15) is 36.0 Å². The number of aldehydes is 1. The van der Waals surface area contributed by atoms with E-state index in [0.29, 0.717) is 61.0 Å². The van der Waals surface area contributed by atoms with Crippen LogP contribution in [0.1, 0.15) is 64.5 Å². The predicted octanol–water partition coefficient (Wildman–Crippen LogP) is 4.09. The summed E-state index contributed by atoms with van der Waals surface area (Å²) in [7, 11) is 1.62. The Hall–Kier alpha value is -3.47. The van der Waals surface area contributed by atoms with Crippen molar-refractivity contribution in [2.24, 2.45) is 29.1 Å². The molecule has 2 saturated carbocycles. The molecule has 2 amide bonds. The number of aromatic nitrogens is 2. The van der Waals surface area contributed by atoms with Crippen molar-refractivity contribution in [3.63, 3.8) is 0 Å². The molecule has 1 aromatic carbocycles. The van der Waals surface area contributed by atoms with Crippen LogP contribution >= 0.6 is 0 Å². The van der Waals surface area contributed by atoms with Crippen LogP contribution in [0.25, 0.3) is 11.0 Å². The highest BCUT2D eigenvalue weighted by molar-refractivity contribution is 5.89. The van der Waals surface area contributed by atoms with Crippen LogP contribution in [0.5, 0.6) is 11.6 Å². The number of alkyl carbamates (subject to hydrolysis) is 1. The molecule has 2 bridgehead atoms. The maximum absolute atomic E-state index is 14.3. The molecule has 11 heteroatoms. The Morgan fingerprint density at radius 1 is 1.07 bits per heavy atom. The van der Waals surface area contributed by atoms with Gasteiger partial charge in [0.05, 0.1) is 43.9 Å². The number of rotatable bonds is 4. The van der Waals surface area contributed by atoms with Gasteiger partial charge in [0, 0.05) is 17.4 Å². The number of nitrogens with zero attached hydrogens (tertiary/aromatic N) is 3. The van der Waals surface area contributed by atoms with Crippen LogP contribution in [0.4, 0.5) is 4.79 Å². The molecule has 4 heterocycles. The lowest BCUT2D eigenvalue weighted by atomic mass is 9.79. The first-order chi connectivity index (χ1) is 21.8. The normalized spacial score (nSPS) is 34.5. The van der Waals surface area contributed by atoms with Crippen molar-refractivity contribution in [1.29, 1.82) is 0 Å². The maximum atomic E-state index is 14.3. The number of aryl methyl sites for hydroxylation is 1. The summed E-state index contributed by atoms with van der Waals surface area (Å²) in [5.41, 5.74) is 1.59. The lowest BCUT2D eigenvalue weighted by molar-refractivity contribution is -0.157. The zero-order valence-electron chi connectivity index (χ0n) is 26.4. The first-order valence-corrected chi connectivity index (χ1v) is 16.6. The Kier molecular flexibility index (Phi) is 8.08. The van der Waals surface area contributed by atoms with Crippen molar-refractivity contribution in [3.05, 3.63) is 23.9 Å². The van der Waals surface area contributed by atoms with Crippen molar-refractivity contribution < 1.29 is 33.3 Å². The fraction of sp³-hybridized carbons (Fsp3) is 0.676. The van der Waals surface area contributed by atoms with E-state index in [1.54, 1.807) is 12.0 Å². The Balaban J connectivity index is 1.24. The summed E-state index contributed by atoms with van der Waals surface area (Å²) in [6, 6.07) is 4.03. The number of hydrogen-bond donors (Lipinski definition) is 1. The molecule has 0 radical (unpaired) electrons. The van der Waals surface area contributed by atoms with E-state index in [9.17, 15) is 14.4 Å². The quantitative estimate of drug-likeness (QED) is 0.503. The van der Waals surface area contributed by atoms with Gasteiger partial charge in [-0.1, -0.05) is 26.7 Å². The smallest absolute Gasteiger partial charge is 0.408 e. The van der Waals surface area contributed by atoms with Crippen LogP contribution in [0.15, 0.2) is 18.2 Å². The van der Waals surface area contributed by atoms with E-state index in [0.717, 1.165) is 49.6 Å².